The van der Waals surface area contributed by atoms with Gasteiger partial charge in [-0.15, -0.1) is 6.58 Å². The summed E-state index contributed by atoms with van der Waals surface area (Å²) in [6, 6.07) is 0. The molecular formula is C7H7Br2N3O2S. The predicted molar refractivity (Wildman–Crippen MR) is 65.0 cm³/mol. The standard InChI is InChI=1S/C7H7Br2N3O2S/c1-2-3-15(13,14)12-7-6(9)11-5(8)4-10-7/h2,4H,1,3H2,(H,10,12). The van der Waals surface area contributed by atoms with Gasteiger partial charge in [0.2, 0.25) is 10.0 Å². The number of aromatic nitrogens is 2. The summed E-state index contributed by atoms with van der Waals surface area (Å²) in [7, 11) is -3.44. The summed E-state index contributed by atoms with van der Waals surface area (Å²) in [5.74, 6) is -0.0166. The van der Waals surface area contributed by atoms with Crippen molar-refractivity contribution in [2.45, 2.75) is 0 Å². The predicted octanol–water partition coefficient (Wildman–Crippen LogP) is 1.93. The lowest BCUT2D eigenvalue weighted by atomic mass is 10.7. The molecular weight excluding hydrogens is 350 g/mol. The van der Waals surface area contributed by atoms with E-state index in [0.29, 0.717) is 9.21 Å². The van der Waals surface area contributed by atoms with Gasteiger partial charge in [0.15, 0.2) is 10.4 Å². The summed E-state index contributed by atoms with van der Waals surface area (Å²) < 4.78 is 25.8. The highest BCUT2D eigenvalue weighted by atomic mass is 79.9. The van der Waals surface area contributed by atoms with E-state index >= 15 is 0 Å². The highest BCUT2D eigenvalue weighted by Crippen LogP contribution is 2.20. The van der Waals surface area contributed by atoms with Crippen molar-refractivity contribution in [3.8, 4) is 0 Å². The van der Waals surface area contributed by atoms with Crippen LogP contribution in [0.4, 0.5) is 5.82 Å². The van der Waals surface area contributed by atoms with Crippen molar-refractivity contribution >= 4 is 47.7 Å². The molecule has 5 nitrogen and oxygen atoms in total. The fraction of sp³-hybridized carbons (Fsp3) is 0.143. The molecule has 0 radical (unpaired) electrons. The van der Waals surface area contributed by atoms with Crippen LogP contribution in [-0.4, -0.2) is 24.1 Å². The van der Waals surface area contributed by atoms with Crippen LogP contribution in [0.5, 0.6) is 0 Å². The highest BCUT2D eigenvalue weighted by Gasteiger charge is 2.12. The van der Waals surface area contributed by atoms with E-state index in [1.165, 1.54) is 12.3 Å². The molecule has 8 heteroatoms. The molecule has 1 rings (SSSR count). The number of sulfonamides is 1. The molecule has 0 unspecified atom stereocenters. The van der Waals surface area contributed by atoms with Crippen molar-refractivity contribution in [1.82, 2.24) is 9.97 Å². The van der Waals surface area contributed by atoms with E-state index < -0.39 is 10.0 Å². The van der Waals surface area contributed by atoms with Crippen molar-refractivity contribution in [2.75, 3.05) is 10.5 Å². The molecule has 1 heterocycles. The van der Waals surface area contributed by atoms with Crippen LogP contribution in [0, 0.1) is 0 Å². The zero-order chi connectivity index (χ0) is 11.5. The molecule has 82 valence electrons. The monoisotopic (exact) mass is 355 g/mol. The second-order valence-electron chi connectivity index (χ2n) is 2.50. The Kier molecular flexibility index (Phi) is 4.23. The molecule has 0 aliphatic carbocycles. The van der Waals surface area contributed by atoms with Gasteiger partial charge >= 0.3 is 0 Å². The van der Waals surface area contributed by atoms with Crippen LogP contribution < -0.4 is 4.72 Å². The Hall–Kier alpha value is -0.470. The summed E-state index contributed by atoms with van der Waals surface area (Å²) in [5, 5.41) is 0. The van der Waals surface area contributed by atoms with Crippen LogP contribution in [0.25, 0.3) is 0 Å². The number of nitrogens with one attached hydrogen (secondary N) is 1. The SMILES string of the molecule is C=CCS(=O)(=O)Nc1ncc(Br)nc1Br. The van der Waals surface area contributed by atoms with Crippen molar-refractivity contribution in [2.24, 2.45) is 0 Å². The maximum atomic E-state index is 11.4. The quantitative estimate of drug-likeness (QED) is 0.836. The van der Waals surface area contributed by atoms with Gasteiger partial charge in [-0.1, -0.05) is 6.08 Å². The van der Waals surface area contributed by atoms with Gasteiger partial charge in [0.05, 0.1) is 11.9 Å². The number of hydrogen-bond acceptors (Lipinski definition) is 4. The molecule has 0 aliphatic heterocycles. The summed E-state index contributed by atoms with van der Waals surface area (Å²) in [5.41, 5.74) is 0. The zero-order valence-electron chi connectivity index (χ0n) is 7.44. The molecule has 0 amide bonds. The fourth-order valence-electron chi connectivity index (χ4n) is 0.759. The van der Waals surface area contributed by atoms with Crippen molar-refractivity contribution in [1.29, 1.82) is 0 Å². The van der Waals surface area contributed by atoms with Gasteiger partial charge in [0, 0.05) is 0 Å². The molecule has 1 aromatic heterocycles. The molecule has 0 bridgehead atoms. The molecule has 0 aliphatic rings. The summed E-state index contributed by atoms with van der Waals surface area (Å²) in [6.45, 7) is 3.35. The molecule has 0 saturated heterocycles. The molecule has 0 spiro atoms. The highest BCUT2D eigenvalue weighted by molar-refractivity contribution is 9.11. The first kappa shape index (κ1) is 12.6. The molecule has 0 atom stereocenters. The largest absolute Gasteiger partial charge is 0.265 e. The van der Waals surface area contributed by atoms with E-state index in [0.717, 1.165) is 0 Å². The molecule has 0 saturated carbocycles. The number of nitrogens with zero attached hydrogens (tertiary/aromatic N) is 2. The first-order valence-electron chi connectivity index (χ1n) is 3.74. The van der Waals surface area contributed by atoms with Gasteiger partial charge in [-0.2, -0.15) is 0 Å². The van der Waals surface area contributed by atoms with E-state index in [9.17, 15) is 8.42 Å². The lowest BCUT2D eigenvalue weighted by molar-refractivity contribution is 0.604. The van der Waals surface area contributed by atoms with Crippen LogP contribution in [0.15, 0.2) is 28.1 Å². The van der Waals surface area contributed by atoms with E-state index in [1.54, 1.807) is 0 Å². The number of rotatable bonds is 4. The normalized spacial score (nSPS) is 11.1. The third-order valence-corrected chi connectivity index (χ3v) is 3.40. The van der Waals surface area contributed by atoms with E-state index in [4.69, 9.17) is 0 Å². The molecule has 0 aromatic carbocycles. The van der Waals surface area contributed by atoms with E-state index in [1.807, 2.05) is 0 Å². The minimum atomic E-state index is -3.44. The first-order chi connectivity index (χ1) is 6.94. The summed E-state index contributed by atoms with van der Waals surface area (Å²) >= 11 is 6.20. The second kappa shape index (κ2) is 5.04. The molecule has 0 fully saturated rings. The van der Waals surface area contributed by atoms with E-state index in [-0.39, 0.29) is 11.6 Å². The van der Waals surface area contributed by atoms with Gasteiger partial charge in [-0.25, -0.2) is 18.4 Å². The Morgan fingerprint density at radius 2 is 2.20 bits per heavy atom. The Labute approximate surface area is 104 Å². The van der Waals surface area contributed by atoms with Crippen LogP contribution >= 0.6 is 31.9 Å². The number of hydrogen-bond donors (Lipinski definition) is 1. The van der Waals surface area contributed by atoms with Crippen LogP contribution in [-0.2, 0) is 10.0 Å². The lowest BCUT2D eigenvalue weighted by Gasteiger charge is -2.06. The first-order valence-corrected chi connectivity index (χ1v) is 6.98. The lowest BCUT2D eigenvalue weighted by Crippen LogP contribution is -2.16. The van der Waals surface area contributed by atoms with Crippen LogP contribution in [0.2, 0.25) is 0 Å². The number of halogens is 2. The van der Waals surface area contributed by atoms with Gasteiger partial charge in [0.25, 0.3) is 0 Å². The van der Waals surface area contributed by atoms with Gasteiger partial charge < -0.3 is 0 Å². The minimum absolute atomic E-state index is 0.153. The van der Waals surface area contributed by atoms with Crippen molar-refractivity contribution in [3.63, 3.8) is 0 Å². The second-order valence-corrected chi connectivity index (χ2v) is 5.83. The average molecular weight is 357 g/mol. The zero-order valence-corrected chi connectivity index (χ0v) is 11.4. The number of anilines is 1. The van der Waals surface area contributed by atoms with Gasteiger partial charge in [-0.3, -0.25) is 4.72 Å². The maximum absolute atomic E-state index is 11.4. The Bertz CT molecular complexity index is 475. The maximum Gasteiger partial charge on any atom is 0.237 e. The summed E-state index contributed by atoms with van der Waals surface area (Å²) in [4.78, 5) is 7.80. The Morgan fingerprint density at radius 1 is 1.53 bits per heavy atom. The molecule has 15 heavy (non-hydrogen) atoms. The summed E-state index contributed by atoms with van der Waals surface area (Å²) in [6.07, 6.45) is 2.69. The molecule has 1 N–H and O–H groups in total. The Morgan fingerprint density at radius 3 is 2.73 bits per heavy atom. The van der Waals surface area contributed by atoms with Gasteiger partial charge in [0.1, 0.15) is 4.60 Å². The minimum Gasteiger partial charge on any atom is -0.265 e. The Balaban J connectivity index is 2.95. The average Bonchev–Trinajstić information content (AvgIpc) is 2.09. The van der Waals surface area contributed by atoms with Gasteiger partial charge in [-0.05, 0) is 31.9 Å². The van der Waals surface area contributed by atoms with Crippen molar-refractivity contribution < 1.29 is 8.42 Å². The van der Waals surface area contributed by atoms with Crippen LogP contribution in [0.1, 0.15) is 0 Å². The molecule has 1 aromatic rings. The third-order valence-electron chi connectivity index (χ3n) is 1.29. The van der Waals surface area contributed by atoms with Crippen molar-refractivity contribution in [3.05, 3.63) is 28.1 Å². The third kappa shape index (κ3) is 3.88. The van der Waals surface area contributed by atoms with Crippen LogP contribution in [0.3, 0.4) is 0 Å². The van der Waals surface area contributed by atoms with E-state index in [2.05, 4.69) is 53.1 Å². The smallest absolute Gasteiger partial charge is 0.237 e. The topological polar surface area (TPSA) is 72.0 Å². The fourth-order valence-corrected chi connectivity index (χ4v) is 2.64.